The highest BCUT2D eigenvalue weighted by molar-refractivity contribution is 9.11. The van der Waals surface area contributed by atoms with Crippen LogP contribution in [0.25, 0.3) is 0 Å². The molecule has 0 aliphatic carbocycles. The lowest BCUT2D eigenvalue weighted by Crippen LogP contribution is -2.24. The minimum absolute atomic E-state index is 0.0861. The van der Waals surface area contributed by atoms with Gasteiger partial charge in [0.05, 0.1) is 20.2 Å². The fourth-order valence-corrected chi connectivity index (χ4v) is 3.18. The van der Waals surface area contributed by atoms with Crippen molar-refractivity contribution < 1.29 is 14.6 Å². The molecule has 9 heteroatoms. The summed E-state index contributed by atoms with van der Waals surface area (Å²) >= 11 is 18.2. The number of phenols is 1. The fourth-order valence-electron chi connectivity index (χ4n) is 1.61. The van der Waals surface area contributed by atoms with Crippen LogP contribution < -0.4 is 10.2 Å². The number of halogens is 4. The highest BCUT2D eigenvalue weighted by atomic mass is 79.9. The molecule has 0 aromatic heterocycles. The Morgan fingerprint density at radius 1 is 1.29 bits per heavy atom. The van der Waals surface area contributed by atoms with E-state index in [1.54, 1.807) is 30.3 Å². The summed E-state index contributed by atoms with van der Waals surface area (Å²) in [6, 6.07) is 8.20. The first kappa shape index (κ1) is 19.1. The molecular weight excluding hydrogens is 487 g/mol. The number of phenolic OH excluding ortho intramolecular Hbond substituents is 1. The number of benzene rings is 2. The molecule has 5 nitrogen and oxygen atoms in total. The van der Waals surface area contributed by atoms with Gasteiger partial charge in [0.25, 0.3) is 5.91 Å². The van der Waals surface area contributed by atoms with Crippen LogP contribution in [0.4, 0.5) is 0 Å². The maximum atomic E-state index is 11.7. The molecule has 24 heavy (non-hydrogen) atoms. The largest absolute Gasteiger partial charge is 0.506 e. The Morgan fingerprint density at radius 3 is 2.62 bits per heavy atom. The third-order valence-electron chi connectivity index (χ3n) is 2.72. The molecule has 0 atom stereocenters. The van der Waals surface area contributed by atoms with Crippen LogP contribution in [-0.2, 0) is 4.79 Å². The SMILES string of the molecule is O=C(COc1cccc(Cl)c1Cl)N/N=C/c1cc(Br)c(O)c(Br)c1. The third kappa shape index (κ3) is 5.11. The predicted octanol–water partition coefficient (Wildman–Crippen LogP) is 4.75. The van der Waals surface area contributed by atoms with E-state index in [1.165, 1.54) is 6.21 Å². The zero-order valence-electron chi connectivity index (χ0n) is 11.9. The maximum Gasteiger partial charge on any atom is 0.277 e. The molecule has 0 saturated heterocycles. The Hall–Kier alpha value is -1.28. The quantitative estimate of drug-likeness (QED) is 0.463. The summed E-state index contributed by atoms with van der Waals surface area (Å²) < 4.78 is 6.29. The van der Waals surface area contributed by atoms with E-state index in [0.717, 1.165) is 0 Å². The first-order chi connectivity index (χ1) is 11.4. The Kier molecular flexibility index (Phi) is 6.91. The molecule has 2 N–H and O–H groups in total. The number of amides is 1. The first-order valence-electron chi connectivity index (χ1n) is 6.45. The Balaban J connectivity index is 1.90. The van der Waals surface area contributed by atoms with E-state index < -0.39 is 5.91 Å². The summed E-state index contributed by atoms with van der Waals surface area (Å²) in [5.41, 5.74) is 3.00. The van der Waals surface area contributed by atoms with Crippen LogP contribution in [0.1, 0.15) is 5.56 Å². The van der Waals surface area contributed by atoms with Gasteiger partial charge in [0, 0.05) is 0 Å². The van der Waals surface area contributed by atoms with E-state index in [4.69, 9.17) is 27.9 Å². The minimum Gasteiger partial charge on any atom is -0.506 e. The van der Waals surface area contributed by atoms with Crippen molar-refractivity contribution in [3.63, 3.8) is 0 Å². The van der Waals surface area contributed by atoms with Crippen molar-refractivity contribution in [3.05, 3.63) is 54.9 Å². The van der Waals surface area contributed by atoms with E-state index in [2.05, 4.69) is 42.4 Å². The lowest BCUT2D eigenvalue weighted by atomic mass is 10.2. The summed E-state index contributed by atoms with van der Waals surface area (Å²) in [5.74, 6) is -0.0584. The number of nitrogens with one attached hydrogen (secondary N) is 1. The normalized spacial score (nSPS) is 10.8. The average molecular weight is 497 g/mol. The number of rotatable bonds is 5. The topological polar surface area (TPSA) is 70.9 Å². The molecule has 2 aromatic carbocycles. The molecule has 2 aromatic rings. The zero-order valence-corrected chi connectivity index (χ0v) is 16.6. The summed E-state index contributed by atoms with van der Waals surface area (Å²) in [6.45, 7) is -0.264. The van der Waals surface area contributed by atoms with Crippen molar-refractivity contribution in [2.24, 2.45) is 5.10 Å². The molecule has 0 unspecified atom stereocenters. The maximum absolute atomic E-state index is 11.7. The lowest BCUT2D eigenvalue weighted by molar-refractivity contribution is -0.123. The number of hydrazone groups is 1. The Labute approximate surface area is 164 Å². The highest BCUT2D eigenvalue weighted by Crippen LogP contribution is 2.33. The molecule has 0 heterocycles. The van der Waals surface area contributed by atoms with Gasteiger partial charge in [-0.25, -0.2) is 5.43 Å². The highest BCUT2D eigenvalue weighted by Gasteiger charge is 2.08. The Bertz CT molecular complexity index is 777. The van der Waals surface area contributed by atoms with Gasteiger partial charge in [0.1, 0.15) is 16.5 Å². The van der Waals surface area contributed by atoms with Crippen LogP contribution in [-0.4, -0.2) is 23.8 Å². The van der Waals surface area contributed by atoms with E-state index in [9.17, 15) is 9.90 Å². The van der Waals surface area contributed by atoms with Crippen molar-refractivity contribution in [2.75, 3.05) is 6.61 Å². The van der Waals surface area contributed by atoms with Crippen molar-refractivity contribution in [3.8, 4) is 11.5 Å². The van der Waals surface area contributed by atoms with E-state index in [1.807, 2.05) is 0 Å². The smallest absolute Gasteiger partial charge is 0.277 e. The van der Waals surface area contributed by atoms with Gasteiger partial charge in [0.15, 0.2) is 6.61 Å². The first-order valence-corrected chi connectivity index (χ1v) is 8.79. The van der Waals surface area contributed by atoms with Crippen molar-refractivity contribution >= 4 is 67.2 Å². The predicted molar refractivity (Wildman–Crippen MR) is 101 cm³/mol. The number of carbonyl (C=O) groups excluding carboxylic acids is 1. The fraction of sp³-hybridized carbons (Fsp3) is 0.0667. The number of aromatic hydroxyl groups is 1. The van der Waals surface area contributed by atoms with E-state index in [-0.39, 0.29) is 17.4 Å². The van der Waals surface area contributed by atoms with Crippen LogP contribution in [0.2, 0.25) is 10.0 Å². The molecular formula is C15H10Br2Cl2N2O3. The van der Waals surface area contributed by atoms with Gasteiger partial charge in [0.2, 0.25) is 0 Å². The van der Waals surface area contributed by atoms with Crippen LogP contribution in [0, 0.1) is 0 Å². The van der Waals surface area contributed by atoms with Crippen molar-refractivity contribution in [1.82, 2.24) is 5.43 Å². The van der Waals surface area contributed by atoms with Gasteiger partial charge in [-0.05, 0) is 61.7 Å². The number of hydrogen-bond acceptors (Lipinski definition) is 4. The molecule has 0 aliphatic rings. The zero-order chi connectivity index (χ0) is 17.7. The summed E-state index contributed by atoms with van der Waals surface area (Å²) in [6.07, 6.45) is 1.43. The van der Waals surface area contributed by atoms with Gasteiger partial charge in [-0.3, -0.25) is 4.79 Å². The molecule has 0 bridgehead atoms. The van der Waals surface area contributed by atoms with Crippen molar-refractivity contribution in [2.45, 2.75) is 0 Å². The van der Waals surface area contributed by atoms with Crippen LogP contribution in [0.15, 0.2) is 44.4 Å². The van der Waals surface area contributed by atoms with Gasteiger partial charge >= 0.3 is 0 Å². The molecule has 2 rings (SSSR count). The van der Waals surface area contributed by atoms with E-state index >= 15 is 0 Å². The third-order valence-corrected chi connectivity index (χ3v) is 4.73. The van der Waals surface area contributed by atoms with Gasteiger partial charge in [-0.2, -0.15) is 5.10 Å². The molecule has 0 radical (unpaired) electrons. The van der Waals surface area contributed by atoms with Gasteiger partial charge in [-0.1, -0.05) is 29.3 Å². The summed E-state index contributed by atoms with van der Waals surface area (Å²) in [7, 11) is 0. The lowest BCUT2D eigenvalue weighted by Gasteiger charge is -2.07. The minimum atomic E-state index is -0.459. The molecule has 0 fully saturated rings. The molecule has 0 aliphatic heterocycles. The van der Waals surface area contributed by atoms with Gasteiger partial charge < -0.3 is 9.84 Å². The van der Waals surface area contributed by atoms with Crippen molar-refractivity contribution in [1.29, 1.82) is 0 Å². The summed E-state index contributed by atoms with van der Waals surface area (Å²) in [5, 5.41) is 14.0. The molecule has 0 saturated carbocycles. The van der Waals surface area contributed by atoms with E-state index in [0.29, 0.717) is 25.3 Å². The Morgan fingerprint density at radius 2 is 1.96 bits per heavy atom. The second kappa shape index (κ2) is 8.71. The molecule has 0 spiro atoms. The standard InChI is InChI=1S/C15H10Br2Cl2N2O3/c16-9-4-8(5-10(17)15(9)23)6-20-21-13(22)7-24-12-3-1-2-11(18)14(12)19/h1-6,23H,7H2,(H,21,22)/b20-6+. The number of hydrogen-bond donors (Lipinski definition) is 2. The molecule has 1 amide bonds. The molecule has 126 valence electrons. The average Bonchev–Trinajstić information content (AvgIpc) is 2.54. The van der Waals surface area contributed by atoms with Gasteiger partial charge in [-0.15, -0.1) is 0 Å². The number of nitrogens with zero attached hydrogens (tertiary/aromatic N) is 1. The second-order valence-electron chi connectivity index (χ2n) is 4.47. The monoisotopic (exact) mass is 494 g/mol. The van der Waals surface area contributed by atoms with Crippen LogP contribution in [0.5, 0.6) is 11.5 Å². The second-order valence-corrected chi connectivity index (χ2v) is 6.96. The van der Waals surface area contributed by atoms with Crippen LogP contribution >= 0.6 is 55.1 Å². The number of ether oxygens (including phenoxy) is 1. The number of carbonyl (C=O) groups is 1. The summed E-state index contributed by atoms with van der Waals surface area (Å²) in [4.78, 5) is 11.7. The van der Waals surface area contributed by atoms with Crippen LogP contribution in [0.3, 0.4) is 0 Å².